The van der Waals surface area contributed by atoms with Gasteiger partial charge in [0.2, 0.25) is 5.91 Å². The number of para-hydroxylation sites is 1. The SMILES string of the molecule is Cc1cc(CO)oc1C(=O)NC1CCCN(c2ccccc2)C1=O. The molecule has 1 saturated heterocycles. The molecular formula is C18H20N2O4. The zero-order valence-electron chi connectivity index (χ0n) is 13.5. The van der Waals surface area contributed by atoms with Gasteiger partial charge in [-0.2, -0.15) is 0 Å². The molecule has 1 unspecified atom stereocenters. The second-order valence-electron chi connectivity index (χ2n) is 5.88. The molecule has 24 heavy (non-hydrogen) atoms. The van der Waals surface area contributed by atoms with E-state index in [1.165, 1.54) is 0 Å². The first-order valence-corrected chi connectivity index (χ1v) is 7.97. The van der Waals surface area contributed by atoms with Crippen molar-refractivity contribution in [3.05, 3.63) is 53.5 Å². The van der Waals surface area contributed by atoms with Gasteiger partial charge in [0.25, 0.3) is 5.91 Å². The van der Waals surface area contributed by atoms with Crippen LogP contribution in [0.5, 0.6) is 0 Å². The monoisotopic (exact) mass is 328 g/mol. The normalized spacial score (nSPS) is 17.8. The predicted octanol–water partition coefficient (Wildman–Crippen LogP) is 2.01. The summed E-state index contributed by atoms with van der Waals surface area (Å²) in [5.74, 6) is -0.0740. The molecule has 1 aliphatic heterocycles. The molecule has 0 bridgehead atoms. The van der Waals surface area contributed by atoms with Gasteiger partial charge in [0.1, 0.15) is 18.4 Å². The number of aliphatic hydroxyl groups is 1. The van der Waals surface area contributed by atoms with Crippen molar-refractivity contribution < 1.29 is 19.1 Å². The summed E-state index contributed by atoms with van der Waals surface area (Å²) in [6.07, 6.45) is 1.41. The van der Waals surface area contributed by atoms with E-state index >= 15 is 0 Å². The fourth-order valence-electron chi connectivity index (χ4n) is 2.95. The molecule has 1 aliphatic rings. The number of anilines is 1. The Labute approximate surface area is 140 Å². The molecular weight excluding hydrogens is 308 g/mol. The number of nitrogens with one attached hydrogen (secondary N) is 1. The van der Waals surface area contributed by atoms with Crippen molar-refractivity contribution >= 4 is 17.5 Å². The molecule has 6 heteroatoms. The van der Waals surface area contributed by atoms with E-state index in [2.05, 4.69) is 5.32 Å². The number of hydrogen-bond acceptors (Lipinski definition) is 4. The van der Waals surface area contributed by atoms with Gasteiger partial charge >= 0.3 is 0 Å². The van der Waals surface area contributed by atoms with E-state index in [1.807, 2.05) is 30.3 Å². The van der Waals surface area contributed by atoms with Crippen LogP contribution in [0, 0.1) is 6.92 Å². The minimum Gasteiger partial charge on any atom is -0.453 e. The fraction of sp³-hybridized carbons (Fsp3) is 0.333. The Bertz CT molecular complexity index is 739. The summed E-state index contributed by atoms with van der Waals surface area (Å²) in [7, 11) is 0. The highest BCUT2D eigenvalue weighted by Crippen LogP contribution is 2.21. The summed E-state index contributed by atoms with van der Waals surface area (Å²) in [5, 5.41) is 11.9. The van der Waals surface area contributed by atoms with Gasteiger partial charge in [-0.1, -0.05) is 18.2 Å². The molecule has 3 rings (SSSR count). The quantitative estimate of drug-likeness (QED) is 0.899. The lowest BCUT2D eigenvalue weighted by Crippen LogP contribution is -2.52. The molecule has 1 aromatic heterocycles. The maximum atomic E-state index is 12.7. The van der Waals surface area contributed by atoms with E-state index in [0.29, 0.717) is 24.3 Å². The molecule has 126 valence electrons. The van der Waals surface area contributed by atoms with Gasteiger partial charge in [-0.3, -0.25) is 9.59 Å². The van der Waals surface area contributed by atoms with Crippen LogP contribution in [0.25, 0.3) is 0 Å². The average Bonchev–Trinajstić information content (AvgIpc) is 2.98. The molecule has 2 N–H and O–H groups in total. The van der Waals surface area contributed by atoms with Crippen LogP contribution in [0.3, 0.4) is 0 Å². The molecule has 6 nitrogen and oxygen atoms in total. The van der Waals surface area contributed by atoms with Crippen molar-refractivity contribution in [3.63, 3.8) is 0 Å². The van der Waals surface area contributed by atoms with Gasteiger partial charge in [-0.25, -0.2) is 0 Å². The standard InChI is InChI=1S/C18H20N2O4/c1-12-10-14(11-21)24-16(12)17(22)19-15-8-5-9-20(18(15)23)13-6-3-2-4-7-13/h2-4,6-7,10,15,21H,5,8-9,11H2,1H3,(H,19,22). The number of carbonyl (C=O) groups excluding carboxylic acids is 2. The molecule has 0 spiro atoms. The van der Waals surface area contributed by atoms with Crippen LogP contribution in [-0.4, -0.2) is 29.5 Å². The highest BCUT2D eigenvalue weighted by molar-refractivity contribution is 6.02. The Morgan fingerprint density at radius 3 is 2.79 bits per heavy atom. The van der Waals surface area contributed by atoms with E-state index in [9.17, 15) is 9.59 Å². The lowest BCUT2D eigenvalue weighted by atomic mass is 10.0. The molecule has 1 aromatic carbocycles. The van der Waals surface area contributed by atoms with E-state index in [4.69, 9.17) is 9.52 Å². The van der Waals surface area contributed by atoms with Crippen LogP contribution in [0.15, 0.2) is 40.8 Å². The van der Waals surface area contributed by atoms with Gasteiger partial charge in [0.15, 0.2) is 5.76 Å². The maximum absolute atomic E-state index is 12.7. The van der Waals surface area contributed by atoms with E-state index in [1.54, 1.807) is 17.9 Å². The molecule has 0 aliphatic carbocycles. The highest BCUT2D eigenvalue weighted by Gasteiger charge is 2.31. The summed E-state index contributed by atoms with van der Waals surface area (Å²) in [6.45, 7) is 2.11. The molecule has 1 atom stereocenters. The number of furan rings is 1. The van der Waals surface area contributed by atoms with Crippen molar-refractivity contribution in [3.8, 4) is 0 Å². The number of aryl methyl sites for hydroxylation is 1. The lowest BCUT2D eigenvalue weighted by Gasteiger charge is -2.32. The Morgan fingerprint density at radius 1 is 1.38 bits per heavy atom. The molecule has 0 radical (unpaired) electrons. The van der Waals surface area contributed by atoms with Crippen molar-refractivity contribution in [1.29, 1.82) is 0 Å². The maximum Gasteiger partial charge on any atom is 0.287 e. The number of amides is 2. The van der Waals surface area contributed by atoms with Crippen molar-refractivity contribution in [1.82, 2.24) is 5.32 Å². The van der Waals surface area contributed by atoms with E-state index < -0.39 is 11.9 Å². The molecule has 2 aromatic rings. The minimum absolute atomic E-state index is 0.118. The Hall–Kier alpha value is -2.60. The number of aliphatic hydroxyl groups excluding tert-OH is 1. The molecule has 2 amide bonds. The third-order valence-corrected chi connectivity index (χ3v) is 4.14. The molecule has 2 heterocycles. The molecule has 0 saturated carbocycles. The first kappa shape index (κ1) is 16.3. The zero-order chi connectivity index (χ0) is 17.1. The topological polar surface area (TPSA) is 82.8 Å². The predicted molar refractivity (Wildman–Crippen MR) is 88.7 cm³/mol. The van der Waals surface area contributed by atoms with E-state index in [0.717, 1.165) is 12.1 Å². The van der Waals surface area contributed by atoms with Crippen LogP contribution < -0.4 is 10.2 Å². The second-order valence-corrected chi connectivity index (χ2v) is 5.88. The number of carbonyl (C=O) groups is 2. The number of nitrogens with zero attached hydrogens (tertiary/aromatic N) is 1. The Kier molecular flexibility index (Phi) is 4.66. The Morgan fingerprint density at radius 2 is 2.12 bits per heavy atom. The second kappa shape index (κ2) is 6.88. The number of rotatable bonds is 4. The first-order valence-electron chi connectivity index (χ1n) is 7.97. The summed E-state index contributed by atoms with van der Waals surface area (Å²) in [5.41, 5.74) is 1.47. The van der Waals surface area contributed by atoms with Gasteiger partial charge < -0.3 is 19.7 Å². The van der Waals surface area contributed by atoms with Gasteiger partial charge in [0, 0.05) is 17.8 Å². The van der Waals surface area contributed by atoms with Gasteiger partial charge in [-0.15, -0.1) is 0 Å². The first-order chi connectivity index (χ1) is 11.6. The summed E-state index contributed by atoms with van der Waals surface area (Å²) in [6, 6.07) is 10.5. The average molecular weight is 328 g/mol. The largest absolute Gasteiger partial charge is 0.453 e. The van der Waals surface area contributed by atoms with Crippen LogP contribution in [0.2, 0.25) is 0 Å². The van der Waals surface area contributed by atoms with E-state index in [-0.39, 0.29) is 18.3 Å². The zero-order valence-corrected chi connectivity index (χ0v) is 13.5. The van der Waals surface area contributed by atoms with Gasteiger partial charge in [-0.05, 0) is 38.0 Å². The Balaban J connectivity index is 1.73. The van der Waals surface area contributed by atoms with Gasteiger partial charge in [0.05, 0.1) is 0 Å². The summed E-state index contributed by atoms with van der Waals surface area (Å²) >= 11 is 0. The van der Waals surface area contributed by atoms with Crippen LogP contribution in [0.4, 0.5) is 5.69 Å². The number of piperidine rings is 1. The van der Waals surface area contributed by atoms with Crippen LogP contribution >= 0.6 is 0 Å². The minimum atomic E-state index is -0.575. The summed E-state index contributed by atoms with van der Waals surface area (Å²) in [4.78, 5) is 26.8. The van der Waals surface area contributed by atoms with Crippen molar-refractivity contribution in [2.45, 2.75) is 32.4 Å². The lowest BCUT2D eigenvalue weighted by molar-refractivity contribution is -0.121. The van der Waals surface area contributed by atoms with Crippen LogP contribution in [0.1, 0.15) is 34.7 Å². The smallest absolute Gasteiger partial charge is 0.287 e. The third kappa shape index (κ3) is 3.19. The third-order valence-electron chi connectivity index (χ3n) is 4.14. The molecule has 1 fully saturated rings. The van der Waals surface area contributed by atoms with Crippen molar-refractivity contribution in [2.75, 3.05) is 11.4 Å². The highest BCUT2D eigenvalue weighted by atomic mass is 16.4. The fourth-order valence-corrected chi connectivity index (χ4v) is 2.95. The van der Waals surface area contributed by atoms with Crippen molar-refractivity contribution in [2.24, 2.45) is 0 Å². The number of benzene rings is 1. The van der Waals surface area contributed by atoms with Crippen LogP contribution in [-0.2, 0) is 11.4 Å². The summed E-state index contributed by atoms with van der Waals surface area (Å²) < 4.78 is 5.33. The number of hydrogen-bond donors (Lipinski definition) is 2.